The third kappa shape index (κ3) is 7.87. The van der Waals surface area contributed by atoms with Gasteiger partial charge in [-0.05, 0) is 62.8 Å². The maximum absolute atomic E-state index is 13.2. The molecule has 4 aromatic rings. The number of aromatic nitrogens is 2. The molecule has 0 spiro atoms. The SMILES string of the molecule is CCCNC(=O)c1cc(Oc2cc(C)c(O)cc2NC(=O)COc2ccc(C)cc2C)c(O)c(O)c1Sc1nnc(SC)s1. The third-order valence-electron chi connectivity index (χ3n) is 6.21. The topological polar surface area (TPSA) is 163 Å². The Hall–Kier alpha value is -4.14. The summed E-state index contributed by atoms with van der Waals surface area (Å²) in [4.78, 5) is 26.1. The zero-order chi connectivity index (χ0) is 32.0. The number of rotatable bonds is 12. The first-order valence-electron chi connectivity index (χ1n) is 13.4. The minimum Gasteiger partial charge on any atom is -0.508 e. The van der Waals surface area contributed by atoms with E-state index in [1.165, 1.54) is 41.3 Å². The van der Waals surface area contributed by atoms with E-state index < -0.39 is 23.3 Å². The van der Waals surface area contributed by atoms with Crippen molar-refractivity contribution in [2.75, 3.05) is 24.7 Å². The fourth-order valence-electron chi connectivity index (χ4n) is 3.97. The van der Waals surface area contributed by atoms with E-state index >= 15 is 0 Å². The van der Waals surface area contributed by atoms with Gasteiger partial charge in [0.05, 0.1) is 16.1 Å². The number of nitrogens with one attached hydrogen (secondary N) is 2. The average molecular weight is 657 g/mol. The van der Waals surface area contributed by atoms with Crippen molar-refractivity contribution in [3.63, 3.8) is 0 Å². The van der Waals surface area contributed by atoms with Gasteiger partial charge in [-0.25, -0.2) is 0 Å². The molecular weight excluding hydrogens is 625 g/mol. The molecule has 0 aliphatic rings. The molecule has 0 saturated carbocycles. The van der Waals surface area contributed by atoms with Crippen LogP contribution in [0.25, 0.3) is 0 Å². The molecule has 11 nitrogen and oxygen atoms in total. The summed E-state index contributed by atoms with van der Waals surface area (Å²) in [6.45, 7) is 7.43. The summed E-state index contributed by atoms with van der Waals surface area (Å²) in [7, 11) is 0. The molecule has 0 radical (unpaired) electrons. The molecule has 0 aliphatic heterocycles. The second-order valence-corrected chi connectivity index (χ2v) is 13.0. The molecule has 5 N–H and O–H groups in total. The molecule has 0 atom stereocenters. The van der Waals surface area contributed by atoms with Gasteiger partial charge in [0.15, 0.2) is 32.5 Å². The largest absolute Gasteiger partial charge is 0.508 e. The molecule has 0 saturated heterocycles. The number of nitrogens with zero attached hydrogens (tertiary/aromatic N) is 2. The van der Waals surface area contributed by atoms with E-state index in [9.17, 15) is 24.9 Å². The van der Waals surface area contributed by atoms with Crippen LogP contribution in [0.15, 0.2) is 50.0 Å². The third-order valence-corrected chi connectivity index (χ3v) is 9.27. The molecule has 14 heteroatoms. The van der Waals surface area contributed by atoms with Gasteiger partial charge in [0.1, 0.15) is 11.5 Å². The van der Waals surface area contributed by atoms with Gasteiger partial charge in [-0.3, -0.25) is 9.59 Å². The lowest BCUT2D eigenvalue weighted by atomic mass is 10.1. The summed E-state index contributed by atoms with van der Waals surface area (Å²) in [5.74, 6) is -2.00. The lowest BCUT2D eigenvalue weighted by Crippen LogP contribution is -2.24. The number of hydrogen-bond acceptors (Lipinski definition) is 12. The second kappa shape index (κ2) is 14.6. The molecule has 0 aliphatic carbocycles. The highest BCUT2D eigenvalue weighted by Gasteiger charge is 2.26. The number of benzene rings is 3. The van der Waals surface area contributed by atoms with Gasteiger partial charge < -0.3 is 35.4 Å². The molecule has 4 rings (SSSR count). The van der Waals surface area contributed by atoms with Crippen molar-refractivity contribution in [1.82, 2.24) is 15.5 Å². The number of phenolic OH excluding ortho intramolecular Hbond substituents is 3. The fraction of sp³-hybridized carbons (Fsp3) is 0.267. The lowest BCUT2D eigenvalue weighted by molar-refractivity contribution is -0.118. The van der Waals surface area contributed by atoms with Crippen molar-refractivity contribution in [3.8, 4) is 34.5 Å². The molecule has 0 unspecified atom stereocenters. The van der Waals surface area contributed by atoms with Crippen LogP contribution in [0.3, 0.4) is 0 Å². The maximum atomic E-state index is 13.2. The monoisotopic (exact) mass is 656 g/mol. The molecule has 1 heterocycles. The summed E-state index contributed by atoms with van der Waals surface area (Å²) >= 11 is 3.67. The Bertz CT molecular complexity index is 1690. The lowest BCUT2D eigenvalue weighted by Gasteiger charge is -2.18. The van der Waals surface area contributed by atoms with Crippen LogP contribution < -0.4 is 20.1 Å². The van der Waals surface area contributed by atoms with Crippen LogP contribution in [-0.4, -0.2) is 56.7 Å². The maximum Gasteiger partial charge on any atom is 0.262 e. The van der Waals surface area contributed by atoms with Crippen LogP contribution >= 0.6 is 34.9 Å². The Morgan fingerprint density at radius 1 is 0.932 bits per heavy atom. The number of ether oxygens (including phenoxy) is 2. The molecular formula is C30H32N4O7S3. The minimum absolute atomic E-state index is 0.0394. The van der Waals surface area contributed by atoms with Crippen molar-refractivity contribution in [2.24, 2.45) is 0 Å². The van der Waals surface area contributed by atoms with E-state index in [1.807, 2.05) is 39.2 Å². The number of aryl methyl sites for hydroxylation is 3. The van der Waals surface area contributed by atoms with E-state index in [1.54, 1.807) is 13.0 Å². The highest BCUT2D eigenvalue weighted by molar-refractivity contribution is 8.03. The molecule has 2 amide bonds. The van der Waals surface area contributed by atoms with E-state index in [4.69, 9.17) is 9.47 Å². The first-order valence-corrected chi connectivity index (χ1v) is 16.3. The van der Waals surface area contributed by atoms with Crippen molar-refractivity contribution in [3.05, 3.63) is 58.7 Å². The molecule has 3 aromatic carbocycles. The standard InChI is InChI=1S/C30H32N4O7S3/c1-6-9-31-28(39)18-12-23(25(37)26(38)27(18)43-30-34-33-29(42-5)44-30)41-22-11-16(3)20(35)13-19(22)32-24(36)14-40-21-8-7-15(2)10-17(21)4/h7-8,10-13,35,37-38H,6,9,14H2,1-5H3,(H,31,39)(H,32,36). The van der Waals surface area contributed by atoms with Crippen LogP contribution in [0, 0.1) is 20.8 Å². The van der Waals surface area contributed by atoms with Crippen LogP contribution in [0.5, 0.6) is 34.5 Å². The van der Waals surface area contributed by atoms with E-state index in [2.05, 4.69) is 20.8 Å². The first-order chi connectivity index (χ1) is 21.0. The first kappa shape index (κ1) is 32.8. The Morgan fingerprint density at radius 3 is 2.36 bits per heavy atom. The molecule has 0 bridgehead atoms. The highest BCUT2D eigenvalue weighted by Crippen LogP contribution is 2.49. The predicted molar refractivity (Wildman–Crippen MR) is 171 cm³/mol. The quantitative estimate of drug-likeness (QED) is 0.0847. The number of anilines is 1. The van der Waals surface area contributed by atoms with Crippen LogP contribution in [0.4, 0.5) is 5.69 Å². The Kier molecular flexibility index (Phi) is 10.8. The number of aromatic hydroxyl groups is 3. The smallest absolute Gasteiger partial charge is 0.262 e. The van der Waals surface area contributed by atoms with Crippen molar-refractivity contribution in [2.45, 2.75) is 47.7 Å². The molecule has 232 valence electrons. The number of amides is 2. The zero-order valence-corrected chi connectivity index (χ0v) is 27.1. The minimum atomic E-state index is -0.629. The Balaban J connectivity index is 1.65. The number of carbonyl (C=O) groups is 2. The predicted octanol–water partition coefficient (Wildman–Crippen LogP) is 6.40. The summed E-state index contributed by atoms with van der Waals surface area (Å²) in [6, 6.07) is 9.65. The van der Waals surface area contributed by atoms with Crippen molar-refractivity contribution < 1.29 is 34.4 Å². The zero-order valence-electron chi connectivity index (χ0n) is 24.7. The van der Waals surface area contributed by atoms with Gasteiger partial charge in [-0.2, -0.15) is 0 Å². The van der Waals surface area contributed by atoms with Crippen LogP contribution in [0.1, 0.15) is 40.4 Å². The van der Waals surface area contributed by atoms with Crippen LogP contribution in [-0.2, 0) is 4.79 Å². The summed E-state index contributed by atoms with van der Waals surface area (Å²) in [6.07, 6.45) is 2.53. The van der Waals surface area contributed by atoms with Gasteiger partial charge >= 0.3 is 0 Å². The number of carbonyl (C=O) groups excluding carboxylic acids is 2. The average Bonchev–Trinajstić information content (AvgIpc) is 3.45. The van der Waals surface area contributed by atoms with Gasteiger partial charge in [-0.15, -0.1) is 10.2 Å². The van der Waals surface area contributed by atoms with Gasteiger partial charge in [0.25, 0.3) is 11.8 Å². The second-order valence-electron chi connectivity index (χ2n) is 9.69. The molecule has 44 heavy (non-hydrogen) atoms. The summed E-state index contributed by atoms with van der Waals surface area (Å²) in [5, 5.41) is 46.0. The van der Waals surface area contributed by atoms with E-state index in [0.717, 1.165) is 22.9 Å². The van der Waals surface area contributed by atoms with Crippen molar-refractivity contribution >= 4 is 52.4 Å². The number of hydrogen-bond donors (Lipinski definition) is 5. The summed E-state index contributed by atoms with van der Waals surface area (Å²) < 4.78 is 12.8. The van der Waals surface area contributed by atoms with Gasteiger partial charge in [0.2, 0.25) is 5.75 Å². The number of thioether (sulfide) groups is 1. The van der Waals surface area contributed by atoms with Gasteiger partial charge in [-0.1, -0.05) is 59.5 Å². The number of phenols is 3. The fourth-order valence-corrected chi connectivity index (χ4v) is 6.50. The Morgan fingerprint density at radius 2 is 1.68 bits per heavy atom. The van der Waals surface area contributed by atoms with E-state index in [0.29, 0.717) is 33.0 Å². The Labute approximate surface area is 267 Å². The normalized spacial score (nSPS) is 10.8. The van der Waals surface area contributed by atoms with Crippen molar-refractivity contribution in [1.29, 1.82) is 0 Å². The van der Waals surface area contributed by atoms with Crippen LogP contribution in [0.2, 0.25) is 0 Å². The highest BCUT2D eigenvalue weighted by atomic mass is 32.2. The van der Waals surface area contributed by atoms with Gasteiger partial charge in [0, 0.05) is 12.6 Å². The molecule has 0 fully saturated rings. The van der Waals surface area contributed by atoms with E-state index in [-0.39, 0.29) is 40.0 Å². The summed E-state index contributed by atoms with van der Waals surface area (Å²) in [5.41, 5.74) is 2.48. The molecule has 1 aromatic heterocycles.